The van der Waals surface area contributed by atoms with Crippen LogP contribution in [0.15, 0.2) is 30.3 Å². The number of rotatable bonds is 5. The molecule has 0 atom stereocenters. The predicted octanol–water partition coefficient (Wildman–Crippen LogP) is 1.65. The number of esters is 1. The SMILES string of the molecule is O=C(COC(=O)c1cc(O)c(O)c(O)c1)Nc1cc([N+](=O)[O-])ccc1F. The maximum absolute atomic E-state index is 13.6. The highest BCUT2D eigenvalue weighted by Crippen LogP contribution is 2.35. The van der Waals surface area contributed by atoms with Crippen molar-refractivity contribution in [3.63, 3.8) is 0 Å². The maximum Gasteiger partial charge on any atom is 0.338 e. The van der Waals surface area contributed by atoms with Gasteiger partial charge in [0.1, 0.15) is 5.82 Å². The summed E-state index contributed by atoms with van der Waals surface area (Å²) in [5.41, 5.74) is -1.28. The standard InChI is InChI=1S/C15H11FN2O8/c16-9-2-1-8(18(24)25)5-10(9)17-13(21)6-26-15(23)7-3-11(19)14(22)12(20)4-7/h1-5,19-20,22H,6H2,(H,17,21). The number of non-ortho nitro benzene ring substituents is 1. The van der Waals surface area contributed by atoms with Crippen LogP contribution in [-0.4, -0.2) is 38.7 Å². The fourth-order valence-corrected chi connectivity index (χ4v) is 1.85. The zero-order valence-corrected chi connectivity index (χ0v) is 12.8. The summed E-state index contributed by atoms with van der Waals surface area (Å²) in [4.78, 5) is 33.3. The van der Waals surface area contributed by atoms with Crippen LogP contribution in [-0.2, 0) is 9.53 Å². The normalized spacial score (nSPS) is 10.2. The molecule has 2 aromatic carbocycles. The predicted molar refractivity (Wildman–Crippen MR) is 83.4 cm³/mol. The fourth-order valence-electron chi connectivity index (χ4n) is 1.85. The average Bonchev–Trinajstić information content (AvgIpc) is 2.58. The van der Waals surface area contributed by atoms with Crippen molar-refractivity contribution in [2.45, 2.75) is 0 Å². The molecule has 2 rings (SSSR count). The fraction of sp³-hybridized carbons (Fsp3) is 0.0667. The molecule has 0 heterocycles. The van der Waals surface area contributed by atoms with E-state index < -0.39 is 57.8 Å². The molecular formula is C15H11FN2O8. The minimum absolute atomic E-state index is 0.355. The first-order valence-corrected chi connectivity index (χ1v) is 6.85. The van der Waals surface area contributed by atoms with E-state index in [4.69, 9.17) is 0 Å². The number of benzene rings is 2. The molecule has 2 aromatic rings. The molecule has 0 aliphatic heterocycles. The number of halogens is 1. The van der Waals surface area contributed by atoms with E-state index in [0.717, 1.165) is 30.3 Å². The Kier molecular flexibility index (Phi) is 5.21. The number of aromatic hydroxyl groups is 3. The first kappa shape index (κ1) is 18.4. The van der Waals surface area contributed by atoms with Gasteiger partial charge in [-0.05, 0) is 18.2 Å². The Morgan fingerprint density at radius 1 is 1.15 bits per heavy atom. The number of anilines is 1. The minimum Gasteiger partial charge on any atom is -0.504 e. The minimum atomic E-state index is -1.12. The summed E-state index contributed by atoms with van der Waals surface area (Å²) in [6, 6.07) is 4.10. The van der Waals surface area contributed by atoms with E-state index >= 15 is 0 Å². The maximum atomic E-state index is 13.6. The lowest BCUT2D eigenvalue weighted by molar-refractivity contribution is -0.384. The Morgan fingerprint density at radius 2 is 1.77 bits per heavy atom. The van der Waals surface area contributed by atoms with Gasteiger partial charge in [-0.2, -0.15) is 0 Å². The summed E-state index contributed by atoms with van der Waals surface area (Å²) in [5.74, 6) is -5.42. The summed E-state index contributed by atoms with van der Waals surface area (Å²) in [7, 11) is 0. The van der Waals surface area contributed by atoms with Crippen molar-refractivity contribution >= 4 is 23.3 Å². The van der Waals surface area contributed by atoms with Crippen LogP contribution in [0.1, 0.15) is 10.4 Å². The van der Waals surface area contributed by atoms with E-state index in [1.807, 2.05) is 5.32 Å². The van der Waals surface area contributed by atoms with E-state index in [1.54, 1.807) is 0 Å². The number of nitro benzene ring substituents is 1. The zero-order chi connectivity index (χ0) is 19.4. The van der Waals surface area contributed by atoms with Gasteiger partial charge in [-0.3, -0.25) is 14.9 Å². The lowest BCUT2D eigenvalue weighted by atomic mass is 10.2. The van der Waals surface area contributed by atoms with Gasteiger partial charge in [0.05, 0.1) is 16.2 Å². The van der Waals surface area contributed by atoms with Crippen LogP contribution in [0.5, 0.6) is 17.2 Å². The topological polar surface area (TPSA) is 159 Å². The number of carbonyl (C=O) groups is 2. The van der Waals surface area contributed by atoms with Gasteiger partial charge >= 0.3 is 5.97 Å². The second kappa shape index (κ2) is 7.34. The van der Waals surface area contributed by atoms with Crippen molar-refractivity contribution in [3.05, 3.63) is 51.8 Å². The average molecular weight is 366 g/mol. The van der Waals surface area contributed by atoms with Gasteiger partial charge < -0.3 is 25.4 Å². The number of ether oxygens (including phenoxy) is 1. The van der Waals surface area contributed by atoms with Crippen molar-refractivity contribution in [3.8, 4) is 17.2 Å². The highest BCUT2D eigenvalue weighted by atomic mass is 19.1. The Labute approximate surface area is 144 Å². The van der Waals surface area contributed by atoms with Crippen molar-refractivity contribution in [1.82, 2.24) is 0 Å². The molecule has 10 nitrogen and oxygen atoms in total. The summed E-state index contributed by atoms with van der Waals surface area (Å²) < 4.78 is 18.2. The molecule has 0 spiro atoms. The molecule has 0 unspecified atom stereocenters. The summed E-state index contributed by atoms with van der Waals surface area (Å²) in [6.45, 7) is -0.872. The van der Waals surface area contributed by atoms with Gasteiger partial charge in [0.15, 0.2) is 23.9 Å². The van der Waals surface area contributed by atoms with Gasteiger partial charge in [0.2, 0.25) is 0 Å². The van der Waals surface area contributed by atoms with Crippen LogP contribution >= 0.6 is 0 Å². The molecule has 0 aliphatic rings. The molecule has 136 valence electrons. The van der Waals surface area contributed by atoms with E-state index in [0.29, 0.717) is 0 Å². The van der Waals surface area contributed by atoms with Crippen LogP contribution in [0.25, 0.3) is 0 Å². The highest BCUT2D eigenvalue weighted by molar-refractivity contribution is 5.96. The van der Waals surface area contributed by atoms with Gasteiger partial charge in [-0.25, -0.2) is 9.18 Å². The monoisotopic (exact) mass is 366 g/mol. The molecule has 0 saturated heterocycles. The molecule has 0 radical (unpaired) electrons. The second-order valence-electron chi connectivity index (χ2n) is 4.91. The van der Waals surface area contributed by atoms with Crippen molar-refractivity contribution in [1.29, 1.82) is 0 Å². The summed E-state index contributed by atoms with van der Waals surface area (Å²) in [6.07, 6.45) is 0. The first-order valence-electron chi connectivity index (χ1n) is 6.85. The number of nitrogens with zero attached hydrogens (tertiary/aromatic N) is 1. The van der Waals surface area contributed by atoms with Crippen LogP contribution in [0.3, 0.4) is 0 Å². The van der Waals surface area contributed by atoms with E-state index in [-0.39, 0.29) is 5.56 Å². The molecule has 0 fully saturated rings. The van der Waals surface area contributed by atoms with Gasteiger partial charge in [0.25, 0.3) is 11.6 Å². The number of phenols is 3. The summed E-state index contributed by atoms with van der Waals surface area (Å²) >= 11 is 0. The lowest BCUT2D eigenvalue weighted by Gasteiger charge is -2.08. The molecule has 4 N–H and O–H groups in total. The smallest absolute Gasteiger partial charge is 0.338 e. The van der Waals surface area contributed by atoms with Crippen molar-refractivity contribution in [2.75, 3.05) is 11.9 Å². The zero-order valence-electron chi connectivity index (χ0n) is 12.8. The van der Waals surface area contributed by atoms with Crippen LogP contribution < -0.4 is 5.32 Å². The van der Waals surface area contributed by atoms with Crippen LogP contribution in [0.2, 0.25) is 0 Å². The molecule has 1 amide bonds. The third kappa shape index (κ3) is 4.14. The number of hydrogen-bond donors (Lipinski definition) is 4. The van der Waals surface area contributed by atoms with Crippen molar-refractivity contribution in [2.24, 2.45) is 0 Å². The van der Waals surface area contributed by atoms with Crippen LogP contribution in [0.4, 0.5) is 15.8 Å². The van der Waals surface area contributed by atoms with E-state index in [1.165, 1.54) is 0 Å². The van der Waals surface area contributed by atoms with Crippen LogP contribution in [0, 0.1) is 15.9 Å². The number of nitro groups is 1. The number of phenolic OH excluding ortho intramolecular Hbond substituents is 3. The highest BCUT2D eigenvalue weighted by Gasteiger charge is 2.17. The van der Waals surface area contributed by atoms with E-state index in [9.17, 15) is 39.4 Å². The molecule has 0 aliphatic carbocycles. The molecule has 0 aromatic heterocycles. The Balaban J connectivity index is 2.02. The lowest BCUT2D eigenvalue weighted by Crippen LogP contribution is -2.21. The van der Waals surface area contributed by atoms with Crippen molar-refractivity contribution < 1.29 is 39.0 Å². The Bertz CT molecular complexity index is 876. The largest absolute Gasteiger partial charge is 0.504 e. The van der Waals surface area contributed by atoms with Gasteiger partial charge in [-0.15, -0.1) is 0 Å². The Morgan fingerprint density at radius 3 is 2.35 bits per heavy atom. The molecule has 11 heteroatoms. The molecule has 0 saturated carbocycles. The number of carbonyl (C=O) groups excluding carboxylic acids is 2. The summed E-state index contributed by atoms with van der Waals surface area (Å²) in [5, 5.41) is 40.5. The molecule has 0 bridgehead atoms. The number of amides is 1. The third-order valence-corrected chi connectivity index (χ3v) is 3.07. The van der Waals surface area contributed by atoms with Gasteiger partial charge in [-0.1, -0.05) is 0 Å². The molecular weight excluding hydrogens is 355 g/mol. The second-order valence-corrected chi connectivity index (χ2v) is 4.91. The Hall–Kier alpha value is -3.89. The van der Waals surface area contributed by atoms with Gasteiger partial charge in [0, 0.05) is 12.1 Å². The van der Waals surface area contributed by atoms with E-state index in [2.05, 4.69) is 4.74 Å². The molecule has 26 heavy (non-hydrogen) atoms. The number of hydrogen-bond acceptors (Lipinski definition) is 8. The third-order valence-electron chi connectivity index (χ3n) is 3.07. The quantitative estimate of drug-likeness (QED) is 0.269. The number of nitrogens with one attached hydrogen (secondary N) is 1. The first-order chi connectivity index (χ1) is 12.2.